The molecule has 23 heavy (non-hydrogen) atoms. The average Bonchev–Trinajstić information content (AvgIpc) is 2.55. The molecule has 4 nitrogen and oxygen atoms in total. The van der Waals surface area contributed by atoms with Crippen molar-refractivity contribution in [1.29, 1.82) is 5.26 Å². The molecule has 0 aliphatic heterocycles. The van der Waals surface area contributed by atoms with Gasteiger partial charge in [0.05, 0.1) is 25.2 Å². The number of benzene rings is 2. The van der Waals surface area contributed by atoms with Crippen LogP contribution in [0, 0.1) is 11.3 Å². The molecule has 118 valence electrons. The summed E-state index contributed by atoms with van der Waals surface area (Å²) < 4.78 is 5.53. The monoisotopic (exact) mass is 308 g/mol. The lowest BCUT2D eigenvalue weighted by Gasteiger charge is -2.09. The van der Waals surface area contributed by atoms with E-state index in [9.17, 15) is 4.79 Å². The Bertz CT molecular complexity index is 683. The van der Waals surface area contributed by atoms with Crippen molar-refractivity contribution in [3.05, 3.63) is 65.2 Å². The Morgan fingerprint density at radius 1 is 1.09 bits per heavy atom. The van der Waals surface area contributed by atoms with E-state index in [1.165, 1.54) is 0 Å². The minimum atomic E-state index is -0.158. The first-order valence-electron chi connectivity index (χ1n) is 7.56. The first-order chi connectivity index (χ1) is 11.1. The summed E-state index contributed by atoms with van der Waals surface area (Å²) in [4.78, 5) is 12.2. The van der Waals surface area contributed by atoms with E-state index >= 15 is 0 Å². The Kier molecular flexibility index (Phi) is 5.90. The maximum Gasteiger partial charge on any atom is 0.255 e. The minimum absolute atomic E-state index is 0.158. The predicted octanol–water partition coefficient (Wildman–Crippen LogP) is 3.93. The summed E-state index contributed by atoms with van der Waals surface area (Å²) in [6, 6.07) is 16.7. The van der Waals surface area contributed by atoms with E-state index in [1.807, 2.05) is 38.1 Å². The van der Waals surface area contributed by atoms with Gasteiger partial charge in [-0.2, -0.15) is 5.26 Å². The number of carbonyl (C=O) groups excluding carboxylic acids is 1. The van der Waals surface area contributed by atoms with Crippen molar-refractivity contribution in [2.75, 3.05) is 5.32 Å². The molecule has 0 saturated carbocycles. The number of rotatable bonds is 6. The molecule has 0 heterocycles. The summed E-state index contributed by atoms with van der Waals surface area (Å²) >= 11 is 0. The van der Waals surface area contributed by atoms with E-state index in [2.05, 4.69) is 11.4 Å². The number of carbonyl (C=O) groups is 1. The number of nitrogens with zero attached hydrogens (tertiary/aromatic N) is 1. The second kappa shape index (κ2) is 8.11. The number of nitrogens with one attached hydrogen (secondary N) is 1. The Hall–Kier alpha value is -2.64. The van der Waals surface area contributed by atoms with Gasteiger partial charge in [-0.3, -0.25) is 4.79 Å². The first kappa shape index (κ1) is 16.7. The fourth-order valence-electron chi connectivity index (χ4n) is 2.02. The van der Waals surface area contributed by atoms with Gasteiger partial charge >= 0.3 is 0 Å². The zero-order valence-electron chi connectivity index (χ0n) is 13.4. The third-order valence-corrected chi connectivity index (χ3v) is 3.29. The highest BCUT2D eigenvalue weighted by atomic mass is 16.5. The summed E-state index contributed by atoms with van der Waals surface area (Å²) in [7, 11) is 0. The zero-order chi connectivity index (χ0) is 16.7. The molecule has 0 spiro atoms. The molecule has 2 aromatic rings. The molecule has 0 aliphatic carbocycles. The molecule has 0 unspecified atom stereocenters. The van der Waals surface area contributed by atoms with Gasteiger partial charge in [0.15, 0.2) is 0 Å². The molecular formula is C19H20N2O2. The third-order valence-electron chi connectivity index (χ3n) is 3.29. The topological polar surface area (TPSA) is 62.1 Å². The van der Waals surface area contributed by atoms with Gasteiger partial charge < -0.3 is 10.1 Å². The smallest absolute Gasteiger partial charge is 0.255 e. The van der Waals surface area contributed by atoms with Crippen LogP contribution in [0.4, 0.5) is 5.69 Å². The second-order valence-corrected chi connectivity index (χ2v) is 5.54. The van der Waals surface area contributed by atoms with Crippen molar-refractivity contribution in [1.82, 2.24) is 0 Å². The van der Waals surface area contributed by atoms with Gasteiger partial charge in [0.2, 0.25) is 0 Å². The predicted molar refractivity (Wildman–Crippen MR) is 90.1 cm³/mol. The number of amides is 1. The molecule has 1 amide bonds. The van der Waals surface area contributed by atoms with Crippen molar-refractivity contribution in [2.24, 2.45) is 0 Å². The van der Waals surface area contributed by atoms with Gasteiger partial charge in [-0.25, -0.2) is 0 Å². The van der Waals surface area contributed by atoms with Gasteiger partial charge in [-0.15, -0.1) is 0 Å². The van der Waals surface area contributed by atoms with E-state index in [4.69, 9.17) is 10.00 Å². The highest BCUT2D eigenvalue weighted by molar-refractivity contribution is 6.04. The second-order valence-electron chi connectivity index (χ2n) is 5.54. The molecule has 2 aromatic carbocycles. The minimum Gasteiger partial charge on any atom is -0.374 e. The largest absolute Gasteiger partial charge is 0.374 e. The van der Waals surface area contributed by atoms with E-state index in [0.717, 1.165) is 11.1 Å². The molecule has 4 heteroatoms. The molecule has 0 aromatic heterocycles. The van der Waals surface area contributed by atoms with Crippen LogP contribution >= 0.6 is 0 Å². The molecule has 0 bridgehead atoms. The summed E-state index contributed by atoms with van der Waals surface area (Å²) in [5.41, 5.74) is 3.28. The van der Waals surface area contributed by atoms with Gasteiger partial charge in [0, 0.05) is 11.3 Å². The molecular weight excluding hydrogens is 288 g/mol. The first-order valence-corrected chi connectivity index (χ1v) is 7.56. The fraction of sp³-hybridized carbons (Fsp3) is 0.263. The number of anilines is 1. The van der Waals surface area contributed by atoms with Crippen LogP contribution in [0.1, 0.15) is 35.3 Å². The fourth-order valence-corrected chi connectivity index (χ4v) is 2.02. The van der Waals surface area contributed by atoms with Crippen molar-refractivity contribution < 1.29 is 9.53 Å². The van der Waals surface area contributed by atoms with E-state index in [1.54, 1.807) is 24.3 Å². The van der Waals surface area contributed by atoms with Crippen LogP contribution in [-0.2, 0) is 17.8 Å². The molecule has 2 rings (SSSR count). The maximum atomic E-state index is 12.2. The zero-order valence-corrected chi connectivity index (χ0v) is 13.4. The van der Waals surface area contributed by atoms with Crippen LogP contribution in [-0.4, -0.2) is 12.0 Å². The average molecular weight is 308 g/mol. The normalized spacial score (nSPS) is 10.3. The van der Waals surface area contributed by atoms with Gasteiger partial charge in [0.25, 0.3) is 5.91 Å². The Balaban J connectivity index is 1.96. The van der Waals surface area contributed by atoms with Crippen molar-refractivity contribution in [3.8, 4) is 6.07 Å². The Labute approximate surface area is 136 Å². The lowest BCUT2D eigenvalue weighted by atomic mass is 10.1. The third kappa shape index (κ3) is 5.24. The van der Waals surface area contributed by atoms with E-state index < -0.39 is 0 Å². The molecule has 1 N–H and O–H groups in total. The lowest BCUT2D eigenvalue weighted by molar-refractivity contribution is 0.0657. The van der Waals surface area contributed by atoms with Gasteiger partial charge in [0.1, 0.15) is 0 Å². The number of hydrogen-bond donors (Lipinski definition) is 1. The molecule has 0 radical (unpaired) electrons. The van der Waals surface area contributed by atoms with Gasteiger partial charge in [-0.1, -0.05) is 24.3 Å². The summed E-state index contributed by atoms with van der Waals surface area (Å²) in [5, 5.41) is 11.5. The highest BCUT2D eigenvalue weighted by Gasteiger charge is 2.06. The molecule has 0 fully saturated rings. The SMILES string of the molecule is CC(C)OCc1ccc(C(=O)Nc2ccc(CC#N)cc2)cc1. The van der Waals surface area contributed by atoms with E-state index in [0.29, 0.717) is 24.3 Å². The van der Waals surface area contributed by atoms with Crippen LogP contribution in [0.5, 0.6) is 0 Å². The molecule has 0 aliphatic rings. The number of ether oxygens (including phenoxy) is 1. The highest BCUT2D eigenvalue weighted by Crippen LogP contribution is 2.13. The van der Waals surface area contributed by atoms with Crippen molar-refractivity contribution >= 4 is 11.6 Å². The van der Waals surface area contributed by atoms with Gasteiger partial charge in [-0.05, 0) is 49.2 Å². The number of hydrogen-bond acceptors (Lipinski definition) is 3. The molecule has 0 atom stereocenters. The number of nitriles is 1. The lowest BCUT2D eigenvalue weighted by Crippen LogP contribution is -2.12. The molecule has 0 saturated heterocycles. The van der Waals surface area contributed by atoms with E-state index in [-0.39, 0.29) is 12.0 Å². The summed E-state index contributed by atoms with van der Waals surface area (Å²) in [6.45, 7) is 4.52. The Morgan fingerprint density at radius 3 is 2.26 bits per heavy atom. The van der Waals surface area contributed by atoms with Crippen LogP contribution in [0.3, 0.4) is 0 Å². The van der Waals surface area contributed by atoms with Crippen molar-refractivity contribution in [3.63, 3.8) is 0 Å². The van der Waals surface area contributed by atoms with Crippen LogP contribution in [0.15, 0.2) is 48.5 Å². The quantitative estimate of drug-likeness (QED) is 0.879. The van der Waals surface area contributed by atoms with Crippen LogP contribution in [0.25, 0.3) is 0 Å². The maximum absolute atomic E-state index is 12.2. The van der Waals surface area contributed by atoms with Crippen LogP contribution < -0.4 is 5.32 Å². The van der Waals surface area contributed by atoms with Crippen molar-refractivity contribution in [2.45, 2.75) is 33.0 Å². The Morgan fingerprint density at radius 2 is 1.70 bits per heavy atom. The standard InChI is InChI=1S/C19H20N2O2/c1-14(2)23-13-16-3-7-17(8-4-16)19(22)21-18-9-5-15(6-10-18)11-12-20/h3-10,14H,11,13H2,1-2H3,(H,21,22). The summed E-state index contributed by atoms with van der Waals surface area (Å²) in [5.74, 6) is -0.158. The van der Waals surface area contributed by atoms with Crippen LogP contribution in [0.2, 0.25) is 0 Å². The summed E-state index contributed by atoms with van der Waals surface area (Å²) in [6.07, 6.45) is 0.552.